The van der Waals surface area contributed by atoms with E-state index < -0.39 is 0 Å². The van der Waals surface area contributed by atoms with E-state index in [9.17, 15) is 0 Å². The Kier molecular flexibility index (Phi) is 2.92. The van der Waals surface area contributed by atoms with Gasteiger partial charge >= 0.3 is 0 Å². The Bertz CT molecular complexity index is 491. The quantitative estimate of drug-likeness (QED) is 0.850. The fourth-order valence-corrected chi connectivity index (χ4v) is 1.70. The molecule has 0 aliphatic rings. The minimum atomic E-state index is 0.447. The third kappa shape index (κ3) is 1.79. The van der Waals surface area contributed by atoms with Crippen LogP contribution < -0.4 is 10.5 Å². The standard InChI is InChI=1S/C12H15N3O/c1-9-14-10(7-13)8-15(9)11-5-3-4-6-12(11)16-2/h3-6,8H,7,13H2,1-2H3. The predicted molar refractivity (Wildman–Crippen MR) is 62.7 cm³/mol. The molecule has 1 aromatic heterocycles. The maximum absolute atomic E-state index is 5.57. The minimum Gasteiger partial charge on any atom is -0.495 e. The van der Waals surface area contributed by atoms with Gasteiger partial charge in [-0.1, -0.05) is 12.1 Å². The lowest BCUT2D eigenvalue weighted by Crippen LogP contribution is -1.98. The van der Waals surface area contributed by atoms with Crippen molar-refractivity contribution in [2.75, 3.05) is 7.11 Å². The highest BCUT2D eigenvalue weighted by Crippen LogP contribution is 2.23. The SMILES string of the molecule is COc1ccccc1-n1cc(CN)nc1C. The van der Waals surface area contributed by atoms with Crippen LogP contribution in [0, 0.1) is 6.92 Å². The van der Waals surface area contributed by atoms with Crippen molar-refractivity contribution >= 4 is 0 Å². The number of hydrogen-bond donors (Lipinski definition) is 1. The van der Waals surface area contributed by atoms with Crippen LogP contribution in [-0.2, 0) is 6.54 Å². The summed E-state index contributed by atoms with van der Waals surface area (Å²) >= 11 is 0. The summed E-state index contributed by atoms with van der Waals surface area (Å²) in [7, 11) is 1.66. The smallest absolute Gasteiger partial charge is 0.142 e. The highest BCUT2D eigenvalue weighted by molar-refractivity contribution is 5.47. The highest BCUT2D eigenvalue weighted by atomic mass is 16.5. The maximum atomic E-state index is 5.57. The molecule has 16 heavy (non-hydrogen) atoms. The van der Waals surface area contributed by atoms with Crippen LogP contribution in [0.4, 0.5) is 0 Å². The molecule has 0 spiro atoms. The van der Waals surface area contributed by atoms with Crippen LogP contribution in [0.5, 0.6) is 5.75 Å². The summed E-state index contributed by atoms with van der Waals surface area (Å²) in [5, 5.41) is 0. The van der Waals surface area contributed by atoms with Crippen molar-refractivity contribution < 1.29 is 4.74 Å². The number of imidazole rings is 1. The first-order chi connectivity index (χ1) is 7.76. The second kappa shape index (κ2) is 4.37. The van der Waals surface area contributed by atoms with Crippen LogP contribution in [0.3, 0.4) is 0 Å². The fraction of sp³-hybridized carbons (Fsp3) is 0.250. The van der Waals surface area contributed by atoms with Gasteiger partial charge in [0.25, 0.3) is 0 Å². The number of benzene rings is 1. The first-order valence-corrected chi connectivity index (χ1v) is 5.14. The number of methoxy groups -OCH3 is 1. The summed E-state index contributed by atoms with van der Waals surface area (Å²) in [4.78, 5) is 4.36. The Balaban J connectivity index is 2.53. The van der Waals surface area contributed by atoms with Crippen molar-refractivity contribution in [1.82, 2.24) is 9.55 Å². The van der Waals surface area contributed by atoms with E-state index in [0.717, 1.165) is 23.0 Å². The lowest BCUT2D eigenvalue weighted by Gasteiger charge is -2.09. The van der Waals surface area contributed by atoms with Crippen molar-refractivity contribution in [3.63, 3.8) is 0 Å². The number of rotatable bonds is 3. The minimum absolute atomic E-state index is 0.447. The lowest BCUT2D eigenvalue weighted by molar-refractivity contribution is 0.412. The molecule has 0 radical (unpaired) electrons. The van der Waals surface area contributed by atoms with E-state index in [-0.39, 0.29) is 0 Å². The summed E-state index contributed by atoms with van der Waals surface area (Å²) in [6.45, 7) is 2.40. The molecule has 0 aliphatic heterocycles. The van der Waals surface area contributed by atoms with Gasteiger partial charge in [-0.2, -0.15) is 0 Å². The van der Waals surface area contributed by atoms with Gasteiger partial charge in [-0.3, -0.25) is 0 Å². The molecule has 4 nitrogen and oxygen atoms in total. The second-order valence-corrected chi connectivity index (χ2v) is 3.53. The molecule has 1 heterocycles. The molecule has 0 amide bonds. The number of hydrogen-bond acceptors (Lipinski definition) is 3. The summed E-state index contributed by atoms with van der Waals surface area (Å²) in [5.41, 5.74) is 7.43. The average molecular weight is 217 g/mol. The zero-order chi connectivity index (χ0) is 11.5. The van der Waals surface area contributed by atoms with Gasteiger partial charge in [-0.15, -0.1) is 0 Å². The first-order valence-electron chi connectivity index (χ1n) is 5.14. The van der Waals surface area contributed by atoms with Crippen LogP contribution in [-0.4, -0.2) is 16.7 Å². The van der Waals surface area contributed by atoms with Gasteiger partial charge in [-0.25, -0.2) is 4.98 Å². The van der Waals surface area contributed by atoms with Crippen molar-refractivity contribution in [2.45, 2.75) is 13.5 Å². The van der Waals surface area contributed by atoms with E-state index in [2.05, 4.69) is 4.98 Å². The van der Waals surface area contributed by atoms with Gasteiger partial charge in [0.1, 0.15) is 11.6 Å². The Morgan fingerprint density at radius 2 is 2.12 bits per heavy atom. The number of nitrogens with two attached hydrogens (primary N) is 1. The van der Waals surface area contributed by atoms with Crippen molar-refractivity contribution in [3.05, 3.63) is 42.0 Å². The monoisotopic (exact) mass is 217 g/mol. The van der Waals surface area contributed by atoms with Gasteiger partial charge in [0.05, 0.1) is 18.5 Å². The predicted octanol–water partition coefficient (Wildman–Crippen LogP) is 1.65. The molecule has 1 aromatic carbocycles. The van der Waals surface area contributed by atoms with E-state index in [0.29, 0.717) is 6.54 Å². The summed E-state index contributed by atoms with van der Waals surface area (Å²) in [5.74, 6) is 1.73. The highest BCUT2D eigenvalue weighted by Gasteiger charge is 2.08. The van der Waals surface area contributed by atoms with E-state index in [4.69, 9.17) is 10.5 Å². The Hall–Kier alpha value is -1.81. The topological polar surface area (TPSA) is 53.1 Å². The van der Waals surface area contributed by atoms with Crippen molar-refractivity contribution in [3.8, 4) is 11.4 Å². The van der Waals surface area contributed by atoms with Gasteiger partial charge < -0.3 is 15.0 Å². The number of ether oxygens (including phenoxy) is 1. The summed E-state index contributed by atoms with van der Waals surface area (Å²) in [6, 6.07) is 7.84. The molecule has 0 aliphatic carbocycles. The van der Waals surface area contributed by atoms with Gasteiger partial charge in [0.2, 0.25) is 0 Å². The molecule has 2 aromatic rings. The Morgan fingerprint density at radius 1 is 1.38 bits per heavy atom. The number of aryl methyl sites for hydroxylation is 1. The van der Waals surface area contributed by atoms with Crippen LogP contribution >= 0.6 is 0 Å². The fourth-order valence-electron chi connectivity index (χ4n) is 1.70. The van der Waals surface area contributed by atoms with Crippen LogP contribution in [0.1, 0.15) is 11.5 Å². The largest absolute Gasteiger partial charge is 0.495 e. The summed E-state index contributed by atoms with van der Waals surface area (Å²) < 4.78 is 7.30. The maximum Gasteiger partial charge on any atom is 0.142 e. The van der Waals surface area contributed by atoms with E-state index >= 15 is 0 Å². The van der Waals surface area contributed by atoms with Crippen molar-refractivity contribution in [1.29, 1.82) is 0 Å². The van der Waals surface area contributed by atoms with Crippen LogP contribution in [0.25, 0.3) is 5.69 Å². The van der Waals surface area contributed by atoms with Gasteiger partial charge in [0, 0.05) is 12.7 Å². The second-order valence-electron chi connectivity index (χ2n) is 3.53. The van der Waals surface area contributed by atoms with Crippen molar-refractivity contribution in [2.24, 2.45) is 5.73 Å². The van der Waals surface area contributed by atoms with Crippen LogP contribution in [0.2, 0.25) is 0 Å². The molecule has 4 heteroatoms. The van der Waals surface area contributed by atoms with Gasteiger partial charge in [-0.05, 0) is 19.1 Å². The summed E-state index contributed by atoms with van der Waals surface area (Å²) in [6.07, 6.45) is 1.94. The number of nitrogens with zero attached hydrogens (tertiary/aromatic N) is 2. The molecule has 84 valence electrons. The zero-order valence-electron chi connectivity index (χ0n) is 9.47. The molecule has 2 rings (SSSR count). The first kappa shape index (κ1) is 10.7. The van der Waals surface area contributed by atoms with E-state index in [1.165, 1.54) is 0 Å². The third-order valence-corrected chi connectivity index (χ3v) is 2.49. The molecular weight excluding hydrogens is 202 g/mol. The number of aromatic nitrogens is 2. The van der Waals surface area contributed by atoms with Gasteiger partial charge in [0.15, 0.2) is 0 Å². The molecule has 0 saturated carbocycles. The third-order valence-electron chi connectivity index (χ3n) is 2.49. The molecule has 0 saturated heterocycles. The Morgan fingerprint density at radius 3 is 2.75 bits per heavy atom. The zero-order valence-corrected chi connectivity index (χ0v) is 9.47. The Labute approximate surface area is 94.7 Å². The molecule has 0 unspecified atom stereocenters. The van der Waals surface area contributed by atoms with Crippen LogP contribution in [0.15, 0.2) is 30.5 Å². The normalized spacial score (nSPS) is 10.4. The molecular formula is C12H15N3O. The van der Waals surface area contributed by atoms with E-state index in [1.54, 1.807) is 7.11 Å². The van der Waals surface area contributed by atoms with E-state index in [1.807, 2.05) is 42.0 Å². The molecule has 2 N–H and O–H groups in total. The average Bonchev–Trinajstić information content (AvgIpc) is 2.70. The molecule has 0 atom stereocenters. The molecule has 0 fully saturated rings. The number of para-hydroxylation sites is 2. The lowest BCUT2D eigenvalue weighted by atomic mass is 10.3. The molecule has 0 bridgehead atoms.